The van der Waals surface area contributed by atoms with E-state index in [1.54, 1.807) is 14.0 Å². The average Bonchev–Trinajstić information content (AvgIpc) is 2.25. The van der Waals surface area contributed by atoms with Gasteiger partial charge in [-0.25, -0.2) is 10.2 Å². The second-order valence-electron chi connectivity index (χ2n) is 3.38. The second kappa shape index (κ2) is 5.16. The van der Waals surface area contributed by atoms with Crippen molar-refractivity contribution in [2.24, 2.45) is 10.8 Å². The van der Waals surface area contributed by atoms with E-state index in [2.05, 4.69) is 10.5 Å². The number of hydrogen-bond acceptors (Lipinski definition) is 3. The SMILES string of the molecule is COc1cc(C)ccc1C(C)=NNC(N)=O. The Balaban J connectivity index is 3.03. The van der Waals surface area contributed by atoms with E-state index in [9.17, 15) is 4.79 Å². The van der Waals surface area contributed by atoms with Gasteiger partial charge in [-0.05, 0) is 31.5 Å². The summed E-state index contributed by atoms with van der Waals surface area (Å²) >= 11 is 0. The van der Waals surface area contributed by atoms with Gasteiger partial charge in [-0.1, -0.05) is 6.07 Å². The fourth-order valence-corrected chi connectivity index (χ4v) is 1.30. The van der Waals surface area contributed by atoms with E-state index in [1.165, 1.54) is 0 Å². The van der Waals surface area contributed by atoms with Crippen molar-refractivity contribution in [2.75, 3.05) is 7.11 Å². The van der Waals surface area contributed by atoms with Crippen molar-refractivity contribution in [3.8, 4) is 5.75 Å². The predicted molar refractivity (Wildman–Crippen MR) is 62.7 cm³/mol. The summed E-state index contributed by atoms with van der Waals surface area (Å²) in [4.78, 5) is 10.5. The molecule has 0 unspecified atom stereocenters. The van der Waals surface area contributed by atoms with Crippen LogP contribution in [0, 0.1) is 6.92 Å². The fraction of sp³-hybridized carbons (Fsp3) is 0.273. The molecule has 0 aromatic heterocycles. The first kappa shape index (κ1) is 12.0. The number of nitrogens with zero attached hydrogens (tertiary/aromatic N) is 1. The van der Waals surface area contributed by atoms with Gasteiger partial charge >= 0.3 is 6.03 Å². The quantitative estimate of drug-likeness (QED) is 0.597. The Morgan fingerprint density at radius 2 is 2.19 bits per heavy atom. The molecule has 86 valence electrons. The molecule has 0 radical (unpaired) electrons. The molecule has 2 amide bonds. The Labute approximate surface area is 94.3 Å². The molecule has 5 nitrogen and oxygen atoms in total. The Hall–Kier alpha value is -2.04. The van der Waals surface area contributed by atoms with Crippen LogP contribution < -0.4 is 15.9 Å². The van der Waals surface area contributed by atoms with Gasteiger partial charge in [0.05, 0.1) is 12.8 Å². The number of primary amides is 1. The summed E-state index contributed by atoms with van der Waals surface area (Å²) < 4.78 is 5.23. The van der Waals surface area contributed by atoms with Crippen LogP contribution in [-0.2, 0) is 0 Å². The molecule has 0 aliphatic carbocycles. The first-order valence-corrected chi connectivity index (χ1v) is 4.79. The lowest BCUT2D eigenvalue weighted by molar-refractivity contribution is 0.249. The van der Waals surface area contributed by atoms with Crippen LogP contribution >= 0.6 is 0 Å². The Bertz CT molecular complexity index is 427. The highest BCUT2D eigenvalue weighted by Crippen LogP contribution is 2.20. The maximum Gasteiger partial charge on any atom is 0.332 e. The highest BCUT2D eigenvalue weighted by molar-refractivity contribution is 6.01. The van der Waals surface area contributed by atoms with E-state index >= 15 is 0 Å². The van der Waals surface area contributed by atoms with Crippen molar-refractivity contribution < 1.29 is 9.53 Å². The Morgan fingerprint density at radius 3 is 2.75 bits per heavy atom. The summed E-state index contributed by atoms with van der Waals surface area (Å²) in [5, 5.41) is 3.84. The van der Waals surface area contributed by atoms with E-state index in [-0.39, 0.29) is 0 Å². The van der Waals surface area contributed by atoms with Crippen molar-refractivity contribution in [3.63, 3.8) is 0 Å². The zero-order valence-electron chi connectivity index (χ0n) is 9.57. The van der Waals surface area contributed by atoms with Gasteiger partial charge in [0, 0.05) is 5.56 Å². The minimum Gasteiger partial charge on any atom is -0.496 e. The van der Waals surface area contributed by atoms with E-state index in [0.29, 0.717) is 11.5 Å². The molecular formula is C11H15N3O2. The van der Waals surface area contributed by atoms with Crippen molar-refractivity contribution in [2.45, 2.75) is 13.8 Å². The minimum atomic E-state index is -0.689. The van der Waals surface area contributed by atoms with Gasteiger partial charge < -0.3 is 10.5 Å². The molecule has 1 aromatic rings. The molecule has 0 heterocycles. The van der Waals surface area contributed by atoms with Crippen molar-refractivity contribution in [3.05, 3.63) is 29.3 Å². The predicted octanol–water partition coefficient (Wildman–Crippen LogP) is 1.40. The molecule has 0 aliphatic heterocycles. The molecule has 0 saturated carbocycles. The van der Waals surface area contributed by atoms with Crippen molar-refractivity contribution in [1.82, 2.24) is 5.43 Å². The number of benzene rings is 1. The van der Waals surface area contributed by atoms with E-state index in [0.717, 1.165) is 11.1 Å². The topological polar surface area (TPSA) is 76.7 Å². The molecule has 0 saturated heterocycles. The average molecular weight is 221 g/mol. The van der Waals surface area contributed by atoms with Gasteiger partial charge in [0.2, 0.25) is 0 Å². The molecule has 16 heavy (non-hydrogen) atoms. The van der Waals surface area contributed by atoms with Gasteiger partial charge in [0.15, 0.2) is 0 Å². The maximum atomic E-state index is 10.5. The number of hydrazone groups is 1. The lowest BCUT2D eigenvalue weighted by Crippen LogP contribution is -2.25. The monoisotopic (exact) mass is 221 g/mol. The first-order valence-electron chi connectivity index (χ1n) is 4.79. The summed E-state index contributed by atoms with van der Waals surface area (Å²) in [5.74, 6) is 0.715. The molecule has 3 N–H and O–H groups in total. The summed E-state index contributed by atoms with van der Waals surface area (Å²) in [6, 6.07) is 5.04. The largest absolute Gasteiger partial charge is 0.496 e. The van der Waals surface area contributed by atoms with Crippen LogP contribution in [0.3, 0.4) is 0 Å². The standard InChI is InChI=1S/C11H15N3O2/c1-7-4-5-9(10(6-7)16-3)8(2)13-14-11(12)15/h4-6H,1-3H3,(H3,12,14,15). The molecule has 0 atom stereocenters. The number of ether oxygens (including phenoxy) is 1. The number of nitrogens with two attached hydrogens (primary N) is 1. The number of aryl methyl sites for hydroxylation is 1. The number of urea groups is 1. The third-order valence-corrected chi connectivity index (χ3v) is 2.08. The van der Waals surface area contributed by atoms with Crippen LogP contribution in [0.4, 0.5) is 4.79 Å². The van der Waals surface area contributed by atoms with Crippen molar-refractivity contribution >= 4 is 11.7 Å². The smallest absolute Gasteiger partial charge is 0.332 e. The van der Waals surface area contributed by atoms with Crippen molar-refractivity contribution in [1.29, 1.82) is 0 Å². The zero-order chi connectivity index (χ0) is 12.1. The highest BCUT2D eigenvalue weighted by Gasteiger charge is 2.06. The number of carbonyl (C=O) groups excluding carboxylic acids is 1. The fourth-order valence-electron chi connectivity index (χ4n) is 1.30. The van der Waals surface area contributed by atoms with Crippen LogP contribution in [0.2, 0.25) is 0 Å². The lowest BCUT2D eigenvalue weighted by Gasteiger charge is -2.08. The lowest BCUT2D eigenvalue weighted by atomic mass is 10.1. The molecule has 0 fully saturated rings. The van der Waals surface area contributed by atoms with Crippen LogP contribution in [0.5, 0.6) is 5.75 Å². The Kier molecular flexibility index (Phi) is 3.88. The van der Waals surface area contributed by atoms with Crippen LogP contribution in [0.25, 0.3) is 0 Å². The third-order valence-electron chi connectivity index (χ3n) is 2.08. The maximum absolute atomic E-state index is 10.5. The van der Waals surface area contributed by atoms with E-state index in [1.807, 2.05) is 25.1 Å². The van der Waals surface area contributed by atoms with Gasteiger partial charge in [0.1, 0.15) is 5.75 Å². The van der Waals surface area contributed by atoms with Crippen LogP contribution in [-0.4, -0.2) is 18.9 Å². The molecule has 0 bridgehead atoms. The number of nitrogens with one attached hydrogen (secondary N) is 1. The van der Waals surface area contributed by atoms with Crippen LogP contribution in [0.15, 0.2) is 23.3 Å². The summed E-state index contributed by atoms with van der Waals surface area (Å²) in [6.45, 7) is 3.74. The highest BCUT2D eigenvalue weighted by atomic mass is 16.5. The van der Waals surface area contributed by atoms with E-state index < -0.39 is 6.03 Å². The zero-order valence-corrected chi connectivity index (χ0v) is 9.57. The number of carbonyl (C=O) groups is 1. The first-order chi connectivity index (χ1) is 7.54. The number of amides is 2. The normalized spacial score (nSPS) is 11.1. The second-order valence-corrected chi connectivity index (χ2v) is 3.38. The molecule has 0 spiro atoms. The molecule has 5 heteroatoms. The number of rotatable bonds is 3. The van der Waals surface area contributed by atoms with E-state index in [4.69, 9.17) is 10.5 Å². The molecule has 0 aliphatic rings. The van der Waals surface area contributed by atoms with Gasteiger partial charge in [-0.3, -0.25) is 0 Å². The van der Waals surface area contributed by atoms with Crippen LogP contribution in [0.1, 0.15) is 18.1 Å². The molecular weight excluding hydrogens is 206 g/mol. The minimum absolute atomic E-state index is 0.635. The summed E-state index contributed by atoms with van der Waals surface area (Å²) in [6.07, 6.45) is 0. The number of hydrogen-bond donors (Lipinski definition) is 2. The van der Waals surface area contributed by atoms with Gasteiger partial charge in [0.25, 0.3) is 0 Å². The third kappa shape index (κ3) is 2.98. The molecule has 1 rings (SSSR count). The van der Waals surface area contributed by atoms with Gasteiger partial charge in [-0.15, -0.1) is 0 Å². The van der Waals surface area contributed by atoms with Gasteiger partial charge in [-0.2, -0.15) is 5.10 Å². The summed E-state index contributed by atoms with van der Waals surface area (Å²) in [5.41, 5.74) is 9.66. The summed E-state index contributed by atoms with van der Waals surface area (Å²) in [7, 11) is 1.59. The Morgan fingerprint density at radius 1 is 1.50 bits per heavy atom. The number of methoxy groups -OCH3 is 1. The molecule has 1 aromatic carbocycles.